The lowest BCUT2D eigenvalue weighted by Gasteiger charge is -1.97. The van der Waals surface area contributed by atoms with E-state index in [2.05, 4.69) is 12.2 Å². The van der Waals surface area contributed by atoms with Gasteiger partial charge in [0.2, 0.25) is 0 Å². The number of piperidine rings is 1. The smallest absolute Gasteiger partial charge is 0.00144 e. The Morgan fingerprint density at radius 1 is 1.38 bits per heavy atom. The molecule has 1 heteroatoms. The molecule has 1 aliphatic heterocycles. The van der Waals surface area contributed by atoms with Gasteiger partial charge in [0.25, 0.3) is 0 Å². The van der Waals surface area contributed by atoms with Crippen molar-refractivity contribution in [2.75, 3.05) is 13.1 Å². The number of hydrogen-bond acceptors (Lipinski definition) is 1. The van der Waals surface area contributed by atoms with Gasteiger partial charge in [-0.25, -0.2) is 0 Å². The van der Waals surface area contributed by atoms with Gasteiger partial charge < -0.3 is 5.32 Å². The van der Waals surface area contributed by atoms with Crippen molar-refractivity contribution in [1.82, 2.24) is 5.32 Å². The molecule has 8 heavy (non-hydrogen) atoms. The maximum atomic E-state index is 3.90. The van der Waals surface area contributed by atoms with Crippen molar-refractivity contribution in [3.63, 3.8) is 0 Å². The van der Waals surface area contributed by atoms with Gasteiger partial charge in [-0.05, 0) is 37.3 Å². The van der Waals surface area contributed by atoms with Gasteiger partial charge in [0.1, 0.15) is 0 Å². The fourth-order valence-corrected chi connectivity index (χ4v) is 1.97. The van der Waals surface area contributed by atoms with Crippen LogP contribution in [0.4, 0.5) is 0 Å². The fourth-order valence-electron chi connectivity index (χ4n) is 1.97. The summed E-state index contributed by atoms with van der Waals surface area (Å²) in [6.45, 7) is 6.44. The van der Waals surface area contributed by atoms with E-state index in [0.29, 0.717) is 0 Å². The summed E-state index contributed by atoms with van der Waals surface area (Å²) in [5.74, 6) is 3.04. The molecule has 1 saturated heterocycles. The third-order valence-electron chi connectivity index (χ3n) is 2.60. The first-order valence-electron chi connectivity index (χ1n) is 3.43. The zero-order valence-electron chi connectivity index (χ0n) is 5.06. The van der Waals surface area contributed by atoms with Gasteiger partial charge in [0.15, 0.2) is 0 Å². The van der Waals surface area contributed by atoms with E-state index >= 15 is 0 Å². The SMILES string of the molecule is [CH2]CC1C2CNCC12. The molecule has 1 saturated carbocycles. The second kappa shape index (κ2) is 1.47. The average Bonchev–Trinajstić information content (AvgIpc) is 2.22. The van der Waals surface area contributed by atoms with Crippen LogP contribution in [0.1, 0.15) is 6.42 Å². The Labute approximate surface area is 50.5 Å². The van der Waals surface area contributed by atoms with Crippen LogP contribution in [0.15, 0.2) is 0 Å². The van der Waals surface area contributed by atoms with Gasteiger partial charge in [-0.1, -0.05) is 6.92 Å². The normalized spacial score (nSPS) is 51.4. The van der Waals surface area contributed by atoms with E-state index in [0.717, 1.165) is 24.2 Å². The number of rotatable bonds is 1. The van der Waals surface area contributed by atoms with Gasteiger partial charge in [0, 0.05) is 0 Å². The average molecular weight is 110 g/mol. The van der Waals surface area contributed by atoms with Crippen molar-refractivity contribution in [3.05, 3.63) is 6.92 Å². The molecule has 0 amide bonds. The van der Waals surface area contributed by atoms with E-state index < -0.39 is 0 Å². The highest BCUT2D eigenvalue weighted by molar-refractivity contribution is 5.03. The fraction of sp³-hybridized carbons (Fsp3) is 0.857. The van der Waals surface area contributed by atoms with Crippen LogP contribution in [0.2, 0.25) is 0 Å². The Morgan fingerprint density at radius 3 is 2.38 bits per heavy atom. The van der Waals surface area contributed by atoms with Crippen LogP contribution in [0.25, 0.3) is 0 Å². The number of nitrogens with one attached hydrogen (secondary N) is 1. The van der Waals surface area contributed by atoms with E-state index in [-0.39, 0.29) is 0 Å². The van der Waals surface area contributed by atoms with E-state index in [1.54, 1.807) is 0 Å². The van der Waals surface area contributed by atoms with Gasteiger partial charge in [0.05, 0.1) is 0 Å². The maximum absolute atomic E-state index is 3.90. The Kier molecular flexibility index (Phi) is 0.884. The summed E-state index contributed by atoms with van der Waals surface area (Å²) >= 11 is 0. The van der Waals surface area contributed by atoms with Crippen molar-refractivity contribution in [2.24, 2.45) is 17.8 Å². The summed E-state index contributed by atoms with van der Waals surface area (Å²) in [5.41, 5.74) is 0. The van der Waals surface area contributed by atoms with Crippen LogP contribution in [0.5, 0.6) is 0 Å². The predicted octanol–water partition coefficient (Wildman–Crippen LogP) is 0.676. The van der Waals surface area contributed by atoms with Crippen LogP contribution in [0.3, 0.4) is 0 Å². The second-order valence-electron chi connectivity index (χ2n) is 2.94. The van der Waals surface area contributed by atoms with Crippen molar-refractivity contribution in [3.8, 4) is 0 Å². The molecule has 1 N–H and O–H groups in total. The minimum atomic E-state index is 0.997. The summed E-state index contributed by atoms with van der Waals surface area (Å²) in [6, 6.07) is 0. The molecule has 1 heterocycles. The van der Waals surface area contributed by atoms with Crippen LogP contribution in [0, 0.1) is 24.7 Å². The summed E-state index contributed by atoms with van der Waals surface area (Å²) in [5, 5.41) is 3.36. The summed E-state index contributed by atoms with van der Waals surface area (Å²) in [4.78, 5) is 0. The molecule has 2 aliphatic rings. The summed E-state index contributed by atoms with van der Waals surface area (Å²) < 4.78 is 0. The lowest BCUT2D eigenvalue weighted by atomic mass is 10.2. The molecule has 45 valence electrons. The molecular weight excluding hydrogens is 98.1 g/mol. The first-order chi connectivity index (χ1) is 3.93. The Bertz CT molecular complexity index is 83.8. The molecule has 1 radical (unpaired) electrons. The van der Waals surface area contributed by atoms with E-state index in [1.165, 1.54) is 13.1 Å². The first kappa shape index (κ1) is 4.80. The van der Waals surface area contributed by atoms with Crippen molar-refractivity contribution >= 4 is 0 Å². The highest BCUT2D eigenvalue weighted by Gasteiger charge is 2.50. The standard InChI is InChI=1S/C7H12N/c1-2-5-6-3-8-4-7(5)6/h5-8H,1-4H2. The molecule has 0 spiro atoms. The molecule has 1 aliphatic carbocycles. The van der Waals surface area contributed by atoms with E-state index in [9.17, 15) is 0 Å². The third kappa shape index (κ3) is 0.455. The van der Waals surface area contributed by atoms with E-state index in [4.69, 9.17) is 0 Å². The zero-order chi connectivity index (χ0) is 5.56. The molecule has 1 nitrogen and oxygen atoms in total. The molecule has 2 unspecified atom stereocenters. The molecule has 0 bridgehead atoms. The highest BCUT2D eigenvalue weighted by atomic mass is 15.0. The number of hydrogen-bond donors (Lipinski definition) is 1. The summed E-state index contributed by atoms with van der Waals surface area (Å²) in [7, 11) is 0. The highest BCUT2D eigenvalue weighted by Crippen LogP contribution is 2.50. The van der Waals surface area contributed by atoms with Crippen molar-refractivity contribution in [2.45, 2.75) is 6.42 Å². The minimum absolute atomic E-state index is 0.997. The Morgan fingerprint density at radius 2 is 2.00 bits per heavy atom. The van der Waals surface area contributed by atoms with Crippen molar-refractivity contribution in [1.29, 1.82) is 0 Å². The molecule has 0 aromatic rings. The molecular formula is C7H12N. The minimum Gasteiger partial charge on any atom is -0.316 e. The summed E-state index contributed by atoms with van der Waals surface area (Å²) in [6.07, 6.45) is 1.16. The van der Waals surface area contributed by atoms with Gasteiger partial charge >= 0.3 is 0 Å². The van der Waals surface area contributed by atoms with Crippen LogP contribution in [-0.4, -0.2) is 13.1 Å². The Balaban J connectivity index is 1.94. The topological polar surface area (TPSA) is 12.0 Å². The maximum Gasteiger partial charge on any atom is -0.00144 e. The molecule has 2 fully saturated rings. The quantitative estimate of drug-likeness (QED) is 0.523. The molecule has 2 atom stereocenters. The molecule has 2 rings (SSSR count). The molecule has 0 aromatic heterocycles. The second-order valence-corrected chi connectivity index (χ2v) is 2.94. The van der Waals surface area contributed by atoms with Gasteiger partial charge in [-0.2, -0.15) is 0 Å². The van der Waals surface area contributed by atoms with E-state index in [1.807, 2.05) is 0 Å². The number of fused-ring (bicyclic) bond motifs is 1. The third-order valence-corrected chi connectivity index (χ3v) is 2.60. The predicted molar refractivity (Wildman–Crippen MR) is 33.3 cm³/mol. The zero-order valence-corrected chi connectivity index (χ0v) is 5.06. The van der Waals surface area contributed by atoms with Gasteiger partial charge in [-0.15, -0.1) is 0 Å². The monoisotopic (exact) mass is 110 g/mol. The molecule has 0 aromatic carbocycles. The lowest BCUT2D eigenvalue weighted by molar-refractivity contribution is 0.601. The van der Waals surface area contributed by atoms with Gasteiger partial charge in [-0.3, -0.25) is 0 Å². The van der Waals surface area contributed by atoms with Crippen LogP contribution < -0.4 is 5.32 Å². The van der Waals surface area contributed by atoms with Crippen LogP contribution in [-0.2, 0) is 0 Å². The van der Waals surface area contributed by atoms with Crippen LogP contribution >= 0.6 is 0 Å². The van der Waals surface area contributed by atoms with Crippen molar-refractivity contribution < 1.29 is 0 Å². The largest absolute Gasteiger partial charge is 0.316 e. The first-order valence-corrected chi connectivity index (χ1v) is 3.43. The lowest BCUT2D eigenvalue weighted by Crippen LogP contribution is -2.14. The Hall–Kier alpha value is -0.0400.